The SMILES string of the molecule is CC[Si](CCCCSSSSCCCC[Si](CC)(OCCOC)OCCOC)(OCCOC)OCCOC. The molecule has 0 aromatic heterocycles. The highest BCUT2D eigenvalue weighted by Crippen LogP contribution is 2.43. The van der Waals surface area contributed by atoms with E-state index in [1.165, 1.54) is 12.8 Å². The maximum atomic E-state index is 6.23. The smallest absolute Gasteiger partial charge is 0.338 e. The van der Waals surface area contributed by atoms with Crippen LogP contribution in [0.25, 0.3) is 0 Å². The molecule has 8 nitrogen and oxygen atoms in total. The molecule has 0 unspecified atom stereocenters. The van der Waals surface area contributed by atoms with E-state index in [1.807, 2.05) is 41.2 Å². The third-order valence-electron chi connectivity index (χ3n) is 5.88. The molecule has 0 fully saturated rings. The van der Waals surface area contributed by atoms with Gasteiger partial charge in [0, 0.05) is 39.9 Å². The molecule has 0 aliphatic rings. The van der Waals surface area contributed by atoms with Gasteiger partial charge in [0.05, 0.1) is 52.9 Å². The Morgan fingerprint density at radius 1 is 0.447 bits per heavy atom. The highest BCUT2D eigenvalue weighted by molar-refractivity contribution is 9.26. The summed E-state index contributed by atoms with van der Waals surface area (Å²) in [6.07, 6.45) is 4.62. The Kier molecular flexibility index (Phi) is 29.8. The van der Waals surface area contributed by atoms with E-state index in [-0.39, 0.29) is 0 Å². The largest absolute Gasteiger partial charge is 0.392 e. The second-order valence-electron chi connectivity index (χ2n) is 8.59. The molecule has 0 saturated heterocycles. The molecule has 0 bridgehead atoms. The van der Waals surface area contributed by atoms with Crippen molar-refractivity contribution in [1.82, 2.24) is 0 Å². The number of methoxy groups -OCH3 is 4. The highest BCUT2D eigenvalue weighted by Gasteiger charge is 2.36. The van der Waals surface area contributed by atoms with Crippen LogP contribution in [-0.4, -0.2) is 110 Å². The summed E-state index contributed by atoms with van der Waals surface area (Å²) in [5.41, 5.74) is 0. The van der Waals surface area contributed by atoms with Crippen molar-refractivity contribution in [2.75, 3.05) is 92.8 Å². The average molecular weight is 655 g/mol. The van der Waals surface area contributed by atoms with Crippen molar-refractivity contribution in [2.45, 2.75) is 63.7 Å². The van der Waals surface area contributed by atoms with Gasteiger partial charge in [-0.05, 0) is 56.7 Å². The fourth-order valence-corrected chi connectivity index (χ4v) is 15.5. The zero-order chi connectivity index (χ0) is 28.2. The molecule has 0 spiro atoms. The minimum atomic E-state index is -2.19. The monoisotopic (exact) mass is 654 g/mol. The number of hydrogen-bond acceptors (Lipinski definition) is 12. The van der Waals surface area contributed by atoms with E-state index in [1.54, 1.807) is 28.4 Å². The van der Waals surface area contributed by atoms with Crippen molar-refractivity contribution < 1.29 is 36.7 Å². The minimum Gasteiger partial charge on any atom is -0.392 e. The first-order chi connectivity index (χ1) is 18.6. The summed E-state index contributed by atoms with van der Waals surface area (Å²) in [6.45, 7) is 9.19. The molecule has 0 aromatic rings. The van der Waals surface area contributed by atoms with Crippen molar-refractivity contribution in [3.05, 3.63) is 0 Å². The fraction of sp³-hybridized carbons (Fsp3) is 1.00. The molecule has 0 amide bonds. The first-order valence-electron chi connectivity index (χ1n) is 13.7. The molecule has 230 valence electrons. The number of rotatable bonds is 31. The summed E-state index contributed by atoms with van der Waals surface area (Å²) in [7, 11) is 10.1. The van der Waals surface area contributed by atoms with Crippen LogP contribution in [0.15, 0.2) is 0 Å². The van der Waals surface area contributed by atoms with Gasteiger partial charge >= 0.3 is 17.1 Å². The van der Waals surface area contributed by atoms with Crippen molar-refractivity contribution >= 4 is 58.4 Å². The first-order valence-corrected chi connectivity index (χ1v) is 23.3. The molecule has 0 aliphatic heterocycles. The molecular weight excluding hydrogens is 601 g/mol. The Balaban J connectivity index is 4.05. The predicted molar refractivity (Wildman–Crippen MR) is 172 cm³/mol. The van der Waals surface area contributed by atoms with Gasteiger partial charge in [0.15, 0.2) is 0 Å². The molecule has 14 heteroatoms. The van der Waals surface area contributed by atoms with Gasteiger partial charge in [0.2, 0.25) is 0 Å². The van der Waals surface area contributed by atoms with Crippen molar-refractivity contribution in [1.29, 1.82) is 0 Å². The van der Waals surface area contributed by atoms with Crippen LogP contribution in [0.1, 0.15) is 39.5 Å². The summed E-state index contributed by atoms with van der Waals surface area (Å²) >= 11 is 0. The lowest BCUT2D eigenvalue weighted by Gasteiger charge is -2.30. The maximum absolute atomic E-state index is 6.23. The molecular formula is C24H54O8S4Si2. The van der Waals surface area contributed by atoms with Gasteiger partial charge in [-0.15, -0.1) is 0 Å². The molecule has 0 heterocycles. The number of hydrogen-bond donors (Lipinski definition) is 0. The molecule has 38 heavy (non-hydrogen) atoms. The van der Waals surface area contributed by atoms with E-state index in [2.05, 4.69) is 13.8 Å². The van der Waals surface area contributed by atoms with Gasteiger partial charge in [-0.25, -0.2) is 0 Å². The number of unbranched alkanes of at least 4 members (excludes halogenated alkanes) is 2. The van der Waals surface area contributed by atoms with Crippen molar-refractivity contribution in [3.63, 3.8) is 0 Å². The molecule has 0 saturated carbocycles. The summed E-state index contributed by atoms with van der Waals surface area (Å²) < 4.78 is 45.6. The molecule has 0 aromatic carbocycles. The molecule has 0 radical (unpaired) electrons. The van der Waals surface area contributed by atoms with Crippen LogP contribution in [0, 0.1) is 0 Å². The van der Waals surface area contributed by atoms with Gasteiger partial charge in [0.25, 0.3) is 0 Å². The maximum Gasteiger partial charge on any atom is 0.338 e. The Labute approximate surface area is 250 Å². The second kappa shape index (κ2) is 28.6. The summed E-state index contributed by atoms with van der Waals surface area (Å²) in [5, 5.41) is 0. The van der Waals surface area contributed by atoms with Crippen LogP contribution < -0.4 is 0 Å². The van der Waals surface area contributed by atoms with E-state index < -0.39 is 17.1 Å². The Morgan fingerprint density at radius 3 is 1.03 bits per heavy atom. The van der Waals surface area contributed by atoms with Crippen LogP contribution >= 0.6 is 41.2 Å². The molecule has 0 atom stereocenters. The zero-order valence-electron chi connectivity index (χ0n) is 24.6. The van der Waals surface area contributed by atoms with Crippen LogP contribution in [0.3, 0.4) is 0 Å². The minimum absolute atomic E-state index is 0.602. The van der Waals surface area contributed by atoms with E-state index >= 15 is 0 Å². The van der Waals surface area contributed by atoms with E-state index in [0.29, 0.717) is 52.9 Å². The molecule has 0 N–H and O–H groups in total. The Hall–Kier alpha value is 1.51. The van der Waals surface area contributed by atoms with Crippen LogP contribution in [0.5, 0.6) is 0 Å². The third-order valence-corrected chi connectivity index (χ3v) is 19.8. The lowest BCUT2D eigenvalue weighted by Crippen LogP contribution is -2.43. The summed E-state index contributed by atoms with van der Waals surface area (Å²) in [5.74, 6) is 2.29. The van der Waals surface area contributed by atoms with Crippen molar-refractivity contribution in [2.24, 2.45) is 0 Å². The van der Waals surface area contributed by atoms with Crippen molar-refractivity contribution in [3.8, 4) is 0 Å². The standard InChI is InChI=1S/C24H54O8S4Si2/c1-7-37(29-17-13-25-3,30-18-14-26-4)23-11-9-21-33-35-36-34-22-10-12-24-38(8-2,31-19-15-27-5)32-20-16-28-6/h7-24H2,1-6H3. The second-order valence-corrected chi connectivity index (χ2v) is 22.0. The van der Waals surface area contributed by atoms with Crippen LogP contribution in [0.2, 0.25) is 24.2 Å². The quantitative estimate of drug-likeness (QED) is 0.0448. The first kappa shape index (κ1) is 39.5. The summed E-state index contributed by atoms with van der Waals surface area (Å²) in [4.78, 5) is 0. The Bertz CT molecular complexity index is 442. The van der Waals surface area contributed by atoms with E-state index in [4.69, 9.17) is 36.7 Å². The van der Waals surface area contributed by atoms with Crippen LogP contribution in [0.4, 0.5) is 0 Å². The molecule has 0 aliphatic carbocycles. The highest BCUT2D eigenvalue weighted by atomic mass is 33.7. The number of ether oxygens (including phenoxy) is 4. The third kappa shape index (κ3) is 21.3. The average Bonchev–Trinajstić information content (AvgIpc) is 2.93. The van der Waals surface area contributed by atoms with Gasteiger partial charge in [-0.3, -0.25) is 0 Å². The predicted octanol–water partition coefficient (Wildman–Crippen LogP) is 6.80. The van der Waals surface area contributed by atoms with Gasteiger partial charge in [0.1, 0.15) is 0 Å². The zero-order valence-corrected chi connectivity index (χ0v) is 29.9. The van der Waals surface area contributed by atoms with Crippen LogP contribution in [-0.2, 0) is 36.7 Å². The Morgan fingerprint density at radius 2 is 0.763 bits per heavy atom. The lowest BCUT2D eigenvalue weighted by molar-refractivity contribution is 0.0857. The molecule has 0 rings (SSSR count). The van der Waals surface area contributed by atoms with Gasteiger partial charge in [-0.2, -0.15) is 0 Å². The van der Waals surface area contributed by atoms with Gasteiger partial charge < -0.3 is 36.7 Å². The van der Waals surface area contributed by atoms with E-state index in [0.717, 1.165) is 48.5 Å². The normalized spacial score (nSPS) is 12.5. The topological polar surface area (TPSA) is 73.8 Å². The summed E-state index contributed by atoms with van der Waals surface area (Å²) in [6, 6.07) is 3.96. The van der Waals surface area contributed by atoms with E-state index in [9.17, 15) is 0 Å². The van der Waals surface area contributed by atoms with Gasteiger partial charge in [-0.1, -0.05) is 48.3 Å². The fourth-order valence-electron chi connectivity index (χ4n) is 3.60. The lowest BCUT2D eigenvalue weighted by atomic mass is 10.4.